The maximum Gasteiger partial charge on any atom is 0.521 e. The minimum Gasteiger partial charge on any atom is -0.505 e. The number of benzene rings is 1. The number of carboxylic acids is 1. The van der Waals surface area contributed by atoms with Crippen molar-refractivity contribution in [3.05, 3.63) is 35.1 Å². The lowest BCUT2D eigenvalue weighted by Crippen LogP contribution is -2.59. The van der Waals surface area contributed by atoms with Gasteiger partial charge in [-0.25, -0.2) is 14.6 Å². The zero-order valence-electron chi connectivity index (χ0n) is 12.6. The minimum atomic E-state index is -1.66. The van der Waals surface area contributed by atoms with Gasteiger partial charge in [-0.15, -0.1) is 4.48 Å². The molecule has 9 heteroatoms. The first-order valence-electron chi connectivity index (χ1n) is 6.89. The van der Waals surface area contributed by atoms with Gasteiger partial charge in [0.15, 0.2) is 12.3 Å². The van der Waals surface area contributed by atoms with Gasteiger partial charge in [-0.1, -0.05) is 35.9 Å². The fraction of sp³-hybridized carbons (Fsp3) is 0.200. The molecule has 0 saturated carbocycles. The number of aliphatic carboxylic acids is 1. The van der Waals surface area contributed by atoms with Gasteiger partial charge >= 0.3 is 18.0 Å². The number of quaternary nitrogens is 1. The lowest BCUT2D eigenvalue weighted by Gasteiger charge is -2.26. The van der Waals surface area contributed by atoms with Crippen LogP contribution in [0, 0.1) is 0 Å². The molecule has 0 spiro atoms. The largest absolute Gasteiger partial charge is 0.521 e. The van der Waals surface area contributed by atoms with Gasteiger partial charge < -0.3 is 15.3 Å². The van der Waals surface area contributed by atoms with Crippen LogP contribution in [0.2, 0.25) is 5.15 Å². The molecule has 0 aliphatic rings. The van der Waals surface area contributed by atoms with Crippen molar-refractivity contribution in [2.75, 3.05) is 13.1 Å². The highest BCUT2D eigenvalue weighted by Gasteiger charge is 2.48. The fourth-order valence-electron chi connectivity index (χ4n) is 2.41. The summed E-state index contributed by atoms with van der Waals surface area (Å²) < 4.78 is -1.44. The summed E-state index contributed by atoms with van der Waals surface area (Å²) in [5.41, 5.74) is -0.579. The zero-order valence-corrected chi connectivity index (χ0v) is 13.3. The number of amides is 2. The number of halogens is 1. The number of nitrogens with zero attached hydrogens (tertiary/aromatic N) is 2. The second kappa shape index (κ2) is 6.42. The molecule has 1 atom stereocenters. The SMILES string of the molecule is CC[N+](CC(=O)O)(C(=O)O)C(=O)c1nc(Cl)c2ccccc2c1O. The van der Waals surface area contributed by atoms with Crippen LogP contribution in [0.15, 0.2) is 24.3 Å². The Labute approximate surface area is 141 Å². The highest BCUT2D eigenvalue weighted by molar-refractivity contribution is 6.34. The Morgan fingerprint density at radius 2 is 1.75 bits per heavy atom. The molecule has 1 aromatic carbocycles. The van der Waals surface area contributed by atoms with Gasteiger partial charge in [0.1, 0.15) is 5.15 Å². The van der Waals surface area contributed by atoms with E-state index in [1.807, 2.05) is 0 Å². The molecule has 0 bridgehead atoms. The smallest absolute Gasteiger partial charge is 0.505 e. The summed E-state index contributed by atoms with van der Waals surface area (Å²) in [4.78, 5) is 39.2. The lowest BCUT2D eigenvalue weighted by atomic mass is 10.1. The van der Waals surface area contributed by atoms with E-state index in [-0.39, 0.29) is 17.1 Å². The molecule has 1 unspecified atom stereocenters. The quantitative estimate of drug-likeness (QED) is 0.569. The van der Waals surface area contributed by atoms with Crippen LogP contribution in [0.1, 0.15) is 17.4 Å². The third-order valence-electron chi connectivity index (χ3n) is 3.74. The maximum absolute atomic E-state index is 12.7. The second-order valence-electron chi connectivity index (χ2n) is 5.07. The molecule has 0 aliphatic carbocycles. The van der Waals surface area contributed by atoms with E-state index in [1.54, 1.807) is 18.2 Å². The Hall–Kier alpha value is -2.71. The summed E-state index contributed by atoms with van der Waals surface area (Å²) in [6.07, 6.45) is -1.66. The van der Waals surface area contributed by atoms with Crippen molar-refractivity contribution in [1.82, 2.24) is 4.98 Å². The summed E-state index contributed by atoms with van der Waals surface area (Å²) in [6, 6.07) is 6.33. The Bertz CT molecular complexity index is 853. The molecule has 1 aromatic heterocycles. The van der Waals surface area contributed by atoms with Gasteiger partial charge in [0.25, 0.3) is 0 Å². The van der Waals surface area contributed by atoms with Crippen LogP contribution in [0.5, 0.6) is 5.75 Å². The number of rotatable bonds is 4. The van der Waals surface area contributed by atoms with Gasteiger partial charge in [0.2, 0.25) is 5.69 Å². The van der Waals surface area contributed by atoms with Crippen molar-refractivity contribution < 1.29 is 34.2 Å². The predicted octanol–water partition coefficient (Wildman–Crippen LogP) is 2.33. The Kier molecular flexibility index (Phi) is 4.72. The van der Waals surface area contributed by atoms with Crippen molar-refractivity contribution in [3.63, 3.8) is 0 Å². The van der Waals surface area contributed by atoms with Crippen LogP contribution in [-0.4, -0.2) is 55.8 Å². The van der Waals surface area contributed by atoms with Gasteiger partial charge in [0.05, 0.1) is 6.54 Å². The highest BCUT2D eigenvalue weighted by atomic mass is 35.5. The third-order valence-corrected chi connectivity index (χ3v) is 4.03. The first kappa shape index (κ1) is 17.6. The van der Waals surface area contributed by atoms with Gasteiger partial charge in [-0.2, -0.15) is 4.79 Å². The van der Waals surface area contributed by atoms with Gasteiger partial charge in [-0.05, 0) is 6.92 Å². The van der Waals surface area contributed by atoms with Crippen molar-refractivity contribution >= 4 is 40.3 Å². The number of imide groups is 1. The summed E-state index contributed by atoms with van der Waals surface area (Å²) in [5.74, 6) is -3.17. The summed E-state index contributed by atoms with van der Waals surface area (Å²) in [7, 11) is 0. The molecule has 2 amide bonds. The molecule has 0 saturated heterocycles. The molecule has 8 nitrogen and oxygen atoms in total. The number of aromatic hydroxyl groups is 1. The van der Waals surface area contributed by atoms with Crippen molar-refractivity contribution in [1.29, 1.82) is 0 Å². The van der Waals surface area contributed by atoms with Crippen molar-refractivity contribution in [2.24, 2.45) is 0 Å². The van der Waals surface area contributed by atoms with E-state index >= 15 is 0 Å². The number of carbonyl (C=O) groups excluding carboxylic acids is 1. The molecular weight excluding hydrogens is 340 g/mol. The van der Waals surface area contributed by atoms with Gasteiger partial charge in [-0.3, -0.25) is 0 Å². The standard InChI is InChI=1S/C15H13ClN2O6/c1-2-18(15(23)24,7-10(19)20)14(22)11-12(21)8-5-3-4-6-9(8)13(16)17-11/h3-6H,2,7H2,1H3,(H2-,19,20,21,22,23,24)/p+1. The number of hydrogen-bond acceptors (Lipinski definition) is 5. The van der Waals surface area contributed by atoms with Crippen LogP contribution < -0.4 is 0 Å². The fourth-order valence-corrected chi connectivity index (χ4v) is 2.66. The van der Waals surface area contributed by atoms with Crippen LogP contribution in [-0.2, 0) is 4.79 Å². The average Bonchev–Trinajstić information content (AvgIpc) is 2.55. The molecule has 24 heavy (non-hydrogen) atoms. The Balaban J connectivity index is 2.71. The molecule has 2 rings (SSSR count). The van der Waals surface area contributed by atoms with Crippen LogP contribution in [0.4, 0.5) is 4.79 Å². The summed E-state index contributed by atoms with van der Waals surface area (Å²) in [6.45, 7) is 0.0247. The number of aromatic nitrogens is 1. The Morgan fingerprint density at radius 1 is 1.17 bits per heavy atom. The molecule has 0 radical (unpaired) electrons. The minimum absolute atomic E-state index is 0.0957. The van der Waals surface area contributed by atoms with Crippen LogP contribution in [0.25, 0.3) is 10.8 Å². The molecule has 0 aliphatic heterocycles. The van der Waals surface area contributed by atoms with E-state index in [9.17, 15) is 24.6 Å². The highest BCUT2D eigenvalue weighted by Crippen LogP contribution is 2.33. The number of hydrogen-bond donors (Lipinski definition) is 3. The van der Waals surface area contributed by atoms with E-state index in [0.29, 0.717) is 5.39 Å². The maximum atomic E-state index is 12.7. The van der Waals surface area contributed by atoms with E-state index < -0.39 is 40.4 Å². The number of likely N-dealkylation sites (N-methyl/N-ethyl adjacent to an activating group) is 1. The molecule has 0 fully saturated rings. The molecular formula is C15H14ClN2O6+. The second-order valence-corrected chi connectivity index (χ2v) is 5.43. The van der Waals surface area contributed by atoms with Crippen molar-refractivity contribution in [2.45, 2.75) is 6.92 Å². The summed E-state index contributed by atoms with van der Waals surface area (Å²) in [5, 5.41) is 29.2. The van der Waals surface area contributed by atoms with E-state index in [0.717, 1.165) is 0 Å². The first-order chi connectivity index (χ1) is 11.2. The van der Waals surface area contributed by atoms with Crippen LogP contribution in [0.3, 0.4) is 0 Å². The first-order valence-corrected chi connectivity index (χ1v) is 7.27. The normalized spacial score (nSPS) is 13.4. The van der Waals surface area contributed by atoms with E-state index in [1.165, 1.54) is 13.0 Å². The number of carbonyl (C=O) groups is 3. The average molecular weight is 354 g/mol. The molecule has 1 heterocycles. The van der Waals surface area contributed by atoms with Gasteiger partial charge in [0, 0.05) is 10.8 Å². The number of carboxylic acid groups (broad SMARTS) is 2. The molecule has 3 N–H and O–H groups in total. The predicted molar refractivity (Wildman–Crippen MR) is 84.1 cm³/mol. The summed E-state index contributed by atoms with van der Waals surface area (Å²) >= 11 is 6.01. The third kappa shape index (κ3) is 2.77. The molecule has 2 aromatic rings. The molecule has 126 valence electrons. The zero-order chi connectivity index (χ0) is 18.1. The van der Waals surface area contributed by atoms with E-state index in [2.05, 4.69) is 4.98 Å². The monoisotopic (exact) mass is 353 g/mol. The van der Waals surface area contributed by atoms with Crippen LogP contribution >= 0.6 is 11.6 Å². The number of fused-ring (bicyclic) bond motifs is 1. The topological polar surface area (TPSA) is 125 Å². The Morgan fingerprint density at radius 3 is 2.25 bits per heavy atom. The number of pyridine rings is 1. The van der Waals surface area contributed by atoms with Crippen molar-refractivity contribution in [3.8, 4) is 5.75 Å². The van der Waals surface area contributed by atoms with E-state index in [4.69, 9.17) is 16.7 Å². The lowest BCUT2D eigenvalue weighted by molar-refractivity contribution is -0.765.